The molecule has 5 rings (SSSR count). The molecule has 1 aromatic carbocycles. The molecule has 3 aliphatic rings. The highest BCUT2D eigenvalue weighted by Gasteiger charge is 2.57. The highest BCUT2D eigenvalue weighted by molar-refractivity contribution is 5.98. The van der Waals surface area contributed by atoms with Crippen molar-refractivity contribution in [2.24, 2.45) is 0 Å². The maximum absolute atomic E-state index is 12.8. The zero-order chi connectivity index (χ0) is 19.5. The number of carbonyl (C=O) groups is 1. The van der Waals surface area contributed by atoms with E-state index in [4.69, 9.17) is 23.7 Å². The summed E-state index contributed by atoms with van der Waals surface area (Å²) >= 11 is 0. The van der Waals surface area contributed by atoms with Gasteiger partial charge in [-0.15, -0.1) is 0 Å². The summed E-state index contributed by atoms with van der Waals surface area (Å²) in [4.78, 5) is 17.1. The van der Waals surface area contributed by atoms with Crippen LogP contribution >= 0.6 is 0 Å². The number of hydrogen-bond donors (Lipinski definition) is 0. The van der Waals surface area contributed by atoms with E-state index < -0.39 is 17.7 Å². The predicted octanol–water partition coefficient (Wildman–Crippen LogP) is 2.78. The molecule has 1 fully saturated rings. The van der Waals surface area contributed by atoms with Gasteiger partial charge in [0.1, 0.15) is 24.1 Å². The lowest BCUT2D eigenvalue weighted by atomic mass is 9.68. The maximum atomic E-state index is 12.8. The fourth-order valence-corrected chi connectivity index (χ4v) is 4.81. The summed E-state index contributed by atoms with van der Waals surface area (Å²) < 4.78 is 28.7. The lowest BCUT2D eigenvalue weighted by molar-refractivity contribution is -0.0589. The van der Waals surface area contributed by atoms with Crippen LogP contribution in [0.25, 0.3) is 0 Å². The van der Waals surface area contributed by atoms with Crippen molar-refractivity contribution in [2.75, 3.05) is 21.0 Å². The number of esters is 1. The zero-order valence-corrected chi connectivity index (χ0v) is 15.9. The minimum absolute atomic E-state index is 0.128. The molecular formula is C21H21NO6. The second-order valence-electron chi connectivity index (χ2n) is 7.45. The van der Waals surface area contributed by atoms with Gasteiger partial charge < -0.3 is 23.7 Å². The summed E-state index contributed by atoms with van der Waals surface area (Å²) in [6, 6.07) is 5.65. The zero-order valence-electron chi connectivity index (χ0n) is 15.9. The lowest BCUT2D eigenvalue weighted by Crippen LogP contribution is -2.49. The van der Waals surface area contributed by atoms with Crippen LogP contribution in [-0.2, 0) is 20.6 Å². The number of hydrogen-bond acceptors (Lipinski definition) is 7. The number of methoxy groups -OCH3 is 2. The van der Waals surface area contributed by atoms with Crippen LogP contribution < -0.4 is 9.47 Å². The summed E-state index contributed by atoms with van der Waals surface area (Å²) in [6.07, 6.45) is 3.69. The molecule has 1 aromatic heterocycles. The van der Waals surface area contributed by atoms with Crippen LogP contribution in [0.5, 0.6) is 11.5 Å². The Morgan fingerprint density at radius 1 is 1.18 bits per heavy atom. The van der Waals surface area contributed by atoms with Gasteiger partial charge in [-0.2, -0.15) is 0 Å². The van der Waals surface area contributed by atoms with Gasteiger partial charge in [0, 0.05) is 24.4 Å². The van der Waals surface area contributed by atoms with Gasteiger partial charge in [-0.05, 0) is 30.2 Å². The highest BCUT2D eigenvalue weighted by Crippen LogP contribution is 2.55. The van der Waals surface area contributed by atoms with Crippen molar-refractivity contribution >= 4 is 5.97 Å². The van der Waals surface area contributed by atoms with Gasteiger partial charge in [0.2, 0.25) is 0 Å². The first-order valence-corrected chi connectivity index (χ1v) is 9.22. The summed E-state index contributed by atoms with van der Waals surface area (Å²) in [5.41, 5.74) is 2.72. The van der Waals surface area contributed by atoms with Gasteiger partial charge in [-0.1, -0.05) is 6.07 Å². The molecule has 146 valence electrons. The second kappa shape index (κ2) is 6.18. The molecule has 0 N–H and O–H groups in total. The molecular weight excluding hydrogens is 362 g/mol. The van der Waals surface area contributed by atoms with Crippen LogP contribution in [0.4, 0.5) is 0 Å². The Balaban J connectivity index is 1.69. The van der Waals surface area contributed by atoms with Crippen LogP contribution in [0.3, 0.4) is 0 Å². The molecule has 0 bridgehead atoms. The number of ether oxygens (including phenoxy) is 5. The van der Waals surface area contributed by atoms with E-state index in [0.29, 0.717) is 17.1 Å². The molecule has 1 saturated heterocycles. The SMILES string of the molecule is COc1ccc2c(c1OC)C(=O)OC2C1c2ccncc2CC2OCOC21C. The van der Waals surface area contributed by atoms with Gasteiger partial charge in [0.25, 0.3) is 0 Å². The van der Waals surface area contributed by atoms with E-state index in [2.05, 4.69) is 4.98 Å². The van der Waals surface area contributed by atoms with Gasteiger partial charge >= 0.3 is 5.97 Å². The van der Waals surface area contributed by atoms with Gasteiger partial charge in [0.05, 0.1) is 26.2 Å². The number of rotatable bonds is 3. The average molecular weight is 383 g/mol. The van der Waals surface area contributed by atoms with Crippen molar-refractivity contribution < 1.29 is 28.5 Å². The Labute approximate surface area is 162 Å². The van der Waals surface area contributed by atoms with Gasteiger partial charge in [-0.3, -0.25) is 4.98 Å². The molecule has 1 aliphatic carbocycles. The number of aromatic nitrogens is 1. The van der Waals surface area contributed by atoms with Crippen molar-refractivity contribution in [1.82, 2.24) is 4.98 Å². The molecule has 0 spiro atoms. The molecule has 3 heterocycles. The van der Waals surface area contributed by atoms with Crippen LogP contribution in [-0.4, -0.2) is 43.7 Å². The first-order valence-electron chi connectivity index (χ1n) is 9.22. The number of cyclic esters (lactones) is 1. The van der Waals surface area contributed by atoms with Gasteiger partial charge in [0.15, 0.2) is 11.5 Å². The Bertz CT molecular complexity index is 960. The quantitative estimate of drug-likeness (QED) is 0.755. The number of benzene rings is 1. The standard InChI is InChI=1S/C21H21NO6/c1-21-15(26-10-27-21)8-11-9-22-7-6-12(11)17(21)18-13-4-5-14(24-2)19(25-3)16(13)20(23)28-18/h4-7,9,15,17-18H,8,10H2,1-3H3. The third-order valence-corrected chi connectivity index (χ3v) is 6.20. The van der Waals surface area contributed by atoms with E-state index in [1.807, 2.05) is 25.3 Å². The van der Waals surface area contributed by atoms with E-state index in [1.54, 1.807) is 19.4 Å². The molecule has 7 heteroatoms. The normalized spacial score (nSPS) is 30.2. The van der Waals surface area contributed by atoms with Crippen LogP contribution in [0.1, 0.15) is 46.0 Å². The lowest BCUT2D eigenvalue weighted by Gasteiger charge is -2.43. The molecule has 28 heavy (non-hydrogen) atoms. The summed E-state index contributed by atoms with van der Waals surface area (Å²) in [7, 11) is 3.06. The van der Waals surface area contributed by atoms with E-state index in [9.17, 15) is 4.79 Å². The largest absolute Gasteiger partial charge is 0.493 e. The van der Waals surface area contributed by atoms with Gasteiger partial charge in [-0.25, -0.2) is 4.79 Å². The van der Waals surface area contributed by atoms with E-state index in [0.717, 1.165) is 23.1 Å². The number of pyridine rings is 1. The first-order chi connectivity index (χ1) is 13.6. The smallest absolute Gasteiger partial charge is 0.343 e. The van der Waals surface area contributed by atoms with E-state index >= 15 is 0 Å². The molecule has 7 nitrogen and oxygen atoms in total. The number of fused-ring (bicyclic) bond motifs is 3. The fraction of sp³-hybridized carbons (Fsp3) is 0.429. The molecule has 2 aromatic rings. The Morgan fingerprint density at radius 3 is 2.82 bits per heavy atom. The Morgan fingerprint density at radius 2 is 2.04 bits per heavy atom. The minimum atomic E-state index is -0.617. The fourth-order valence-electron chi connectivity index (χ4n) is 4.81. The molecule has 4 unspecified atom stereocenters. The van der Waals surface area contributed by atoms with Crippen molar-refractivity contribution in [3.05, 3.63) is 52.8 Å². The highest BCUT2D eigenvalue weighted by atomic mass is 16.7. The monoisotopic (exact) mass is 383 g/mol. The predicted molar refractivity (Wildman–Crippen MR) is 97.6 cm³/mol. The van der Waals surface area contributed by atoms with Crippen molar-refractivity contribution in [2.45, 2.75) is 37.1 Å². The van der Waals surface area contributed by atoms with E-state index in [1.165, 1.54) is 7.11 Å². The Hall–Kier alpha value is -2.64. The minimum Gasteiger partial charge on any atom is -0.493 e. The van der Waals surface area contributed by atoms with Crippen molar-refractivity contribution in [3.8, 4) is 11.5 Å². The number of carbonyl (C=O) groups excluding carboxylic acids is 1. The summed E-state index contributed by atoms with van der Waals surface area (Å²) in [5.74, 6) is 0.242. The third-order valence-electron chi connectivity index (χ3n) is 6.20. The third kappa shape index (κ3) is 2.23. The summed E-state index contributed by atoms with van der Waals surface area (Å²) in [6.45, 7) is 2.25. The van der Waals surface area contributed by atoms with Crippen LogP contribution in [0.2, 0.25) is 0 Å². The molecule has 2 aliphatic heterocycles. The molecule has 0 saturated carbocycles. The topological polar surface area (TPSA) is 76.1 Å². The molecule has 0 amide bonds. The maximum Gasteiger partial charge on any atom is 0.343 e. The molecule has 0 radical (unpaired) electrons. The molecule has 4 atom stereocenters. The van der Waals surface area contributed by atoms with Crippen LogP contribution in [0, 0.1) is 0 Å². The summed E-state index contributed by atoms with van der Waals surface area (Å²) in [5, 5.41) is 0. The Kier molecular flexibility index (Phi) is 3.86. The first kappa shape index (κ1) is 17.5. The number of nitrogens with zero attached hydrogens (tertiary/aromatic N) is 1. The average Bonchev–Trinajstić information content (AvgIpc) is 3.24. The van der Waals surface area contributed by atoms with Crippen molar-refractivity contribution in [3.63, 3.8) is 0 Å². The van der Waals surface area contributed by atoms with Crippen molar-refractivity contribution in [1.29, 1.82) is 0 Å². The van der Waals surface area contributed by atoms with E-state index in [-0.39, 0.29) is 18.8 Å². The second-order valence-corrected chi connectivity index (χ2v) is 7.45. The van der Waals surface area contributed by atoms with Crippen LogP contribution in [0.15, 0.2) is 30.6 Å².